The molecule has 3 rings (SSSR count). The van der Waals surface area contributed by atoms with Crippen LogP contribution in [-0.4, -0.2) is 9.97 Å². The summed E-state index contributed by atoms with van der Waals surface area (Å²) in [5.74, 6) is 0.177. The molecule has 0 aliphatic rings. The molecule has 0 N–H and O–H groups in total. The van der Waals surface area contributed by atoms with E-state index in [1.165, 1.54) is 36.5 Å². The summed E-state index contributed by atoms with van der Waals surface area (Å²) in [4.78, 5) is 8.23. The fourth-order valence-corrected chi connectivity index (χ4v) is 2.30. The van der Waals surface area contributed by atoms with Gasteiger partial charge in [-0.05, 0) is 30.3 Å². The van der Waals surface area contributed by atoms with E-state index >= 15 is 0 Å². The van der Waals surface area contributed by atoms with Crippen molar-refractivity contribution in [1.29, 1.82) is 0 Å². The van der Waals surface area contributed by atoms with Gasteiger partial charge < -0.3 is 0 Å². The zero-order valence-electron chi connectivity index (χ0n) is 12.9. The molecule has 0 unspecified atom stereocenters. The maximum atomic E-state index is 12.6. The summed E-state index contributed by atoms with van der Waals surface area (Å²) in [7, 11) is 0. The van der Waals surface area contributed by atoms with Gasteiger partial charge in [0.1, 0.15) is 0 Å². The summed E-state index contributed by atoms with van der Waals surface area (Å²) in [5.41, 5.74) is -0.401. The van der Waals surface area contributed by atoms with Crippen LogP contribution in [0.2, 0.25) is 0 Å². The molecule has 2 nitrogen and oxygen atoms in total. The van der Waals surface area contributed by atoms with E-state index in [1.807, 2.05) is 0 Å². The molecule has 1 heterocycles. The first kappa shape index (κ1) is 17.9. The molecule has 1 aromatic heterocycles. The lowest BCUT2D eigenvalue weighted by atomic mass is 10.1. The van der Waals surface area contributed by atoms with Gasteiger partial charge >= 0.3 is 12.4 Å². The molecular formula is C18H10F6N2. The average molecular weight is 368 g/mol. The third-order valence-electron chi connectivity index (χ3n) is 3.63. The minimum Gasteiger partial charge on any atom is -0.237 e. The Balaban J connectivity index is 1.91. The highest BCUT2D eigenvalue weighted by atomic mass is 19.4. The van der Waals surface area contributed by atoms with Gasteiger partial charge in [0.2, 0.25) is 0 Å². The Kier molecular flexibility index (Phi) is 4.43. The normalized spacial score (nSPS) is 12.2. The standard InChI is InChI=1S/C18H10F6N2/c19-17(20,21)13-5-1-11(2-6-13)15-9-10-25-16(26-15)12-3-7-14(8-4-12)18(22,23)24/h1-10H. The van der Waals surface area contributed by atoms with Crippen molar-refractivity contribution in [3.05, 3.63) is 71.9 Å². The molecule has 3 aromatic rings. The fraction of sp³-hybridized carbons (Fsp3) is 0.111. The van der Waals surface area contributed by atoms with Crippen LogP contribution in [0.5, 0.6) is 0 Å². The van der Waals surface area contributed by atoms with Crippen LogP contribution in [0.1, 0.15) is 11.1 Å². The molecule has 134 valence electrons. The summed E-state index contributed by atoms with van der Waals surface area (Å²) < 4.78 is 75.7. The van der Waals surface area contributed by atoms with Crippen LogP contribution >= 0.6 is 0 Å². The van der Waals surface area contributed by atoms with Gasteiger partial charge in [0.25, 0.3) is 0 Å². The van der Waals surface area contributed by atoms with Crippen LogP contribution in [0, 0.1) is 0 Å². The second-order valence-electron chi connectivity index (χ2n) is 5.42. The van der Waals surface area contributed by atoms with E-state index in [4.69, 9.17) is 0 Å². The number of rotatable bonds is 2. The highest BCUT2D eigenvalue weighted by Crippen LogP contribution is 2.32. The van der Waals surface area contributed by atoms with Gasteiger partial charge in [-0.25, -0.2) is 9.97 Å². The van der Waals surface area contributed by atoms with Crippen molar-refractivity contribution < 1.29 is 26.3 Å². The maximum Gasteiger partial charge on any atom is 0.416 e. The van der Waals surface area contributed by atoms with Crippen molar-refractivity contribution in [3.63, 3.8) is 0 Å². The number of hydrogen-bond donors (Lipinski definition) is 0. The molecule has 26 heavy (non-hydrogen) atoms. The molecule has 0 fully saturated rings. The van der Waals surface area contributed by atoms with Gasteiger partial charge in [-0.15, -0.1) is 0 Å². The Morgan fingerprint density at radius 3 is 1.50 bits per heavy atom. The number of hydrogen-bond acceptors (Lipinski definition) is 2. The van der Waals surface area contributed by atoms with Crippen LogP contribution < -0.4 is 0 Å². The summed E-state index contributed by atoms with van der Waals surface area (Å²) in [6.45, 7) is 0. The van der Waals surface area contributed by atoms with Gasteiger partial charge in [-0.1, -0.05) is 24.3 Å². The Hall–Kier alpha value is -2.90. The molecule has 0 aliphatic carbocycles. The van der Waals surface area contributed by atoms with E-state index in [1.54, 1.807) is 0 Å². The third kappa shape index (κ3) is 3.84. The monoisotopic (exact) mass is 368 g/mol. The Morgan fingerprint density at radius 1 is 0.577 bits per heavy atom. The molecule has 0 amide bonds. The van der Waals surface area contributed by atoms with Gasteiger partial charge in [0.15, 0.2) is 5.82 Å². The first-order chi connectivity index (χ1) is 12.1. The number of aromatic nitrogens is 2. The second kappa shape index (κ2) is 6.44. The van der Waals surface area contributed by atoms with Crippen LogP contribution in [0.3, 0.4) is 0 Å². The van der Waals surface area contributed by atoms with Gasteiger partial charge in [-0.3, -0.25) is 0 Å². The van der Waals surface area contributed by atoms with Crippen LogP contribution in [0.25, 0.3) is 22.6 Å². The predicted molar refractivity (Wildman–Crippen MR) is 82.9 cm³/mol. The van der Waals surface area contributed by atoms with Crippen molar-refractivity contribution in [1.82, 2.24) is 9.97 Å². The quantitative estimate of drug-likeness (QED) is 0.531. The van der Waals surface area contributed by atoms with Crippen molar-refractivity contribution >= 4 is 0 Å². The van der Waals surface area contributed by atoms with E-state index in [2.05, 4.69) is 9.97 Å². The number of benzene rings is 2. The van der Waals surface area contributed by atoms with Crippen molar-refractivity contribution in [3.8, 4) is 22.6 Å². The molecule has 0 atom stereocenters. The van der Waals surface area contributed by atoms with Gasteiger partial charge in [0.05, 0.1) is 16.8 Å². The van der Waals surface area contributed by atoms with E-state index < -0.39 is 23.5 Å². The summed E-state index contributed by atoms with van der Waals surface area (Å²) in [6, 6.07) is 10.3. The first-order valence-corrected chi connectivity index (χ1v) is 7.33. The van der Waals surface area contributed by atoms with Crippen LogP contribution in [-0.2, 0) is 12.4 Å². The lowest BCUT2D eigenvalue weighted by molar-refractivity contribution is -0.138. The van der Waals surface area contributed by atoms with Crippen LogP contribution in [0.15, 0.2) is 60.8 Å². The smallest absolute Gasteiger partial charge is 0.237 e. The molecule has 2 aromatic carbocycles. The Bertz CT molecular complexity index is 824. The topological polar surface area (TPSA) is 25.8 Å². The first-order valence-electron chi connectivity index (χ1n) is 7.33. The van der Waals surface area contributed by atoms with E-state index in [0.29, 0.717) is 16.8 Å². The SMILES string of the molecule is FC(F)(F)c1ccc(-c2ccnc(-c3ccc(C(F)(F)F)cc3)n2)cc1. The maximum absolute atomic E-state index is 12.6. The van der Waals surface area contributed by atoms with E-state index in [-0.39, 0.29) is 5.82 Å². The third-order valence-corrected chi connectivity index (χ3v) is 3.63. The molecule has 0 saturated heterocycles. The lowest BCUT2D eigenvalue weighted by Crippen LogP contribution is -2.04. The molecule has 8 heteroatoms. The molecule has 0 spiro atoms. The minimum absolute atomic E-state index is 0.177. The molecule has 0 bridgehead atoms. The average Bonchev–Trinajstić information content (AvgIpc) is 2.61. The Labute approximate surface area is 144 Å². The lowest BCUT2D eigenvalue weighted by Gasteiger charge is -2.09. The largest absolute Gasteiger partial charge is 0.416 e. The van der Waals surface area contributed by atoms with Crippen molar-refractivity contribution in [2.45, 2.75) is 12.4 Å². The zero-order valence-corrected chi connectivity index (χ0v) is 12.9. The molecular weight excluding hydrogens is 358 g/mol. The summed E-state index contributed by atoms with van der Waals surface area (Å²) in [5, 5.41) is 0. The van der Waals surface area contributed by atoms with Gasteiger partial charge in [-0.2, -0.15) is 26.3 Å². The van der Waals surface area contributed by atoms with Gasteiger partial charge in [0, 0.05) is 17.3 Å². The van der Waals surface area contributed by atoms with Crippen LogP contribution in [0.4, 0.5) is 26.3 Å². The van der Waals surface area contributed by atoms with Crippen molar-refractivity contribution in [2.24, 2.45) is 0 Å². The fourth-order valence-electron chi connectivity index (χ4n) is 2.30. The van der Waals surface area contributed by atoms with Crippen molar-refractivity contribution in [2.75, 3.05) is 0 Å². The highest BCUT2D eigenvalue weighted by Gasteiger charge is 2.30. The minimum atomic E-state index is -4.44. The van der Waals surface area contributed by atoms with E-state index in [0.717, 1.165) is 24.3 Å². The number of alkyl halides is 6. The second-order valence-corrected chi connectivity index (χ2v) is 5.42. The number of nitrogens with zero attached hydrogens (tertiary/aromatic N) is 2. The molecule has 0 aliphatic heterocycles. The Morgan fingerprint density at radius 2 is 1.04 bits per heavy atom. The zero-order chi connectivity index (χ0) is 18.9. The predicted octanol–water partition coefficient (Wildman–Crippen LogP) is 5.85. The molecule has 0 saturated carbocycles. The number of halogens is 6. The van der Waals surface area contributed by atoms with E-state index in [9.17, 15) is 26.3 Å². The highest BCUT2D eigenvalue weighted by molar-refractivity contribution is 5.63. The summed E-state index contributed by atoms with van der Waals surface area (Å²) >= 11 is 0. The molecule has 0 radical (unpaired) electrons. The summed E-state index contributed by atoms with van der Waals surface area (Å²) in [6.07, 6.45) is -7.48.